The van der Waals surface area contributed by atoms with Crippen LogP contribution < -0.4 is 0 Å². The van der Waals surface area contributed by atoms with Gasteiger partial charge in [-0.3, -0.25) is 0 Å². The number of rotatable bonds is 4. The predicted molar refractivity (Wildman–Crippen MR) is 127 cm³/mol. The Kier molecular flexibility index (Phi) is 5.69. The van der Waals surface area contributed by atoms with E-state index in [4.69, 9.17) is 0 Å². The number of phenols is 2. The number of hydrogen-bond donors (Lipinski definition) is 2. The Hall–Kier alpha value is -4.06. The molecule has 0 amide bonds. The van der Waals surface area contributed by atoms with Gasteiger partial charge in [0.05, 0.1) is 22.7 Å². The summed E-state index contributed by atoms with van der Waals surface area (Å²) in [5.74, 6) is 0.452. The number of hydrogen-bond acceptors (Lipinski definition) is 6. The van der Waals surface area contributed by atoms with Crippen molar-refractivity contribution < 1.29 is 10.2 Å². The van der Waals surface area contributed by atoms with Gasteiger partial charge in [0, 0.05) is 0 Å². The average Bonchev–Trinajstić information content (AvgIpc) is 2.72. The van der Waals surface area contributed by atoms with Crippen LogP contribution in [0, 0.1) is 27.7 Å². The molecular formula is C26H24N4O2. The van der Waals surface area contributed by atoms with E-state index in [1.165, 1.54) is 0 Å². The van der Waals surface area contributed by atoms with E-state index in [1.54, 1.807) is 24.3 Å². The van der Waals surface area contributed by atoms with Gasteiger partial charge in [0.25, 0.3) is 0 Å². The van der Waals surface area contributed by atoms with Crippen LogP contribution in [0.1, 0.15) is 22.3 Å². The zero-order chi connectivity index (χ0) is 22.8. The van der Waals surface area contributed by atoms with Crippen molar-refractivity contribution in [3.63, 3.8) is 0 Å². The molecule has 160 valence electrons. The second-order valence-corrected chi connectivity index (χ2v) is 7.97. The highest BCUT2D eigenvalue weighted by molar-refractivity contribution is 5.87. The standard InChI is InChI=1S/C26H24N4O2/c1-15-9-23(31)10-16(2)25(15)29-27-21-7-5-19-6-8-22(14-20(19)13-21)28-30-26-17(3)11-24(32)12-18(26)4/h5-14,31-32H,1-4H3. The van der Waals surface area contributed by atoms with Gasteiger partial charge in [0.2, 0.25) is 0 Å². The van der Waals surface area contributed by atoms with Gasteiger partial charge in [0.15, 0.2) is 0 Å². The van der Waals surface area contributed by atoms with Crippen molar-refractivity contribution in [1.82, 2.24) is 0 Å². The van der Waals surface area contributed by atoms with E-state index >= 15 is 0 Å². The minimum absolute atomic E-state index is 0.226. The summed E-state index contributed by atoms with van der Waals surface area (Å²) >= 11 is 0. The normalized spacial score (nSPS) is 11.8. The minimum Gasteiger partial charge on any atom is -0.508 e. The van der Waals surface area contributed by atoms with Crippen molar-refractivity contribution in [2.45, 2.75) is 27.7 Å². The number of benzene rings is 4. The van der Waals surface area contributed by atoms with Crippen LogP contribution in [-0.4, -0.2) is 10.2 Å². The van der Waals surface area contributed by atoms with Crippen LogP contribution in [0.3, 0.4) is 0 Å². The molecule has 0 bridgehead atoms. The maximum Gasteiger partial charge on any atom is 0.116 e. The van der Waals surface area contributed by atoms with Crippen molar-refractivity contribution in [2.75, 3.05) is 0 Å². The lowest BCUT2D eigenvalue weighted by Crippen LogP contribution is -1.80. The first-order valence-electron chi connectivity index (χ1n) is 10.3. The van der Waals surface area contributed by atoms with E-state index in [2.05, 4.69) is 20.5 Å². The van der Waals surface area contributed by atoms with Gasteiger partial charge in [-0.2, -0.15) is 20.5 Å². The van der Waals surface area contributed by atoms with Gasteiger partial charge in [-0.1, -0.05) is 12.1 Å². The second-order valence-electron chi connectivity index (χ2n) is 7.97. The number of aromatic hydroxyl groups is 2. The monoisotopic (exact) mass is 424 g/mol. The molecule has 0 aliphatic rings. The highest BCUT2D eigenvalue weighted by Crippen LogP contribution is 2.33. The fraction of sp³-hybridized carbons (Fsp3) is 0.154. The number of fused-ring (bicyclic) bond motifs is 1. The quantitative estimate of drug-likeness (QED) is 0.322. The smallest absolute Gasteiger partial charge is 0.116 e. The molecule has 2 N–H and O–H groups in total. The Morgan fingerprint density at radius 1 is 0.469 bits per heavy atom. The zero-order valence-electron chi connectivity index (χ0n) is 18.5. The number of nitrogens with zero attached hydrogens (tertiary/aromatic N) is 4. The fourth-order valence-corrected chi connectivity index (χ4v) is 3.74. The summed E-state index contributed by atoms with van der Waals surface area (Å²) in [5, 5.41) is 39.1. The van der Waals surface area contributed by atoms with Crippen molar-refractivity contribution in [3.05, 3.63) is 82.9 Å². The molecule has 0 radical (unpaired) electrons. The average molecular weight is 425 g/mol. The molecule has 6 nitrogen and oxygen atoms in total. The summed E-state index contributed by atoms with van der Waals surface area (Å²) < 4.78 is 0. The van der Waals surface area contributed by atoms with Crippen LogP contribution in [0.5, 0.6) is 11.5 Å². The largest absolute Gasteiger partial charge is 0.508 e. The van der Waals surface area contributed by atoms with Gasteiger partial charge >= 0.3 is 0 Å². The lowest BCUT2D eigenvalue weighted by atomic mass is 10.1. The molecule has 0 spiro atoms. The third-order valence-electron chi connectivity index (χ3n) is 5.29. The molecule has 6 heteroatoms. The fourth-order valence-electron chi connectivity index (χ4n) is 3.74. The van der Waals surface area contributed by atoms with Crippen molar-refractivity contribution >= 4 is 33.5 Å². The van der Waals surface area contributed by atoms with Crippen LogP contribution in [0.25, 0.3) is 10.8 Å². The Morgan fingerprint density at radius 2 is 0.844 bits per heavy atom. The summed E-state index contributed by atoms with van der Waals surface area (Å²) in [6.07, 6.45) is 0. The Balaban J connectivity index is 1.64. The Morgan fingerprint density at radius 3 is 1.22 bits per heavy atom. The zero-order valence-corrected chi connectivity index (χ0v) is 18.5. The van der Waals surface area contributed by atoms with Crippen LogP contribution in [0.2, 0.25) is 0 Å². The van der Waals surface area contributed by atoms with Crippen molar-refractivity contribution in [3.8, 4) is 11.5 Å². The molecule has 0 unspecified atom stereocenters. The summed E-state index contributed by atoms with van der Waals surface area (Å²) in [7, 11) is 0. The van der Waals surface area contributed by atoms with Gasteiger partial charge < -0.3 is 10.2 Å². The molecule has 4 rings (SSSR count). The van der Waals surface area contributed by atoms with Crippen LogP contribution in [0.4, 0.5) is 22.7 Å². The van der Waals surface area contributed by atoms with E-state index < -0.39 is 0 Å². The van der Waals surface area contributed by atoms with E-state index in [0.29, 0.717) is 0 Å². The van der Waals surface area contributed by atoms with Crippen molar-refractivity contribution in [2.24, 2.45) is 20.5 Å². The number of phenolic OH excluding ortho intramolecular Hbond substituents is 2. The molecule has 0 saturated heterocycles. The van der Waals surface area contributed by atoms with Gasteiger partial charge in [-0.05, 0) is 109 Å². The third-order valence-corrected chi connectivity index (χ3v) is 5.29. The summed E-state index contributed by atoms with van der Waals surface area (Å²) in [6.45, 7) is 7.60. The Bertz CT molecular complexity index is 1240. The molecule has 0 aromatic heterocycles. The van der Waals surface area contributed by atoms with Crippen LogP contribution in [-0.2, 0) is 0 Å². The molecule has 4 aromatic rings. The number of azo groups is 2. The van der Waals surface area contributed by atoms with Crippen LogP contribution >= 0.6 is 0 Å². The first-order chi connectivity index (χ1) is 15.3. The third kappa shape index (κ3) is 4.49. The second kappa shape index (κ2) is 8.59. The summed E-state index contributed by atoms with van der Waals surface area (Å²) in [5.41, 5.74) is 6.44. The summed E-state index contributed by atoms with van der Waals surface area (Å²) in [6, 6.07) is 18.5. The maximum absolute atomic E-state index is 9.71. The van der Waals surface area contributed by atoms with Gasteiger partial charge in [-0.15, -0.1) is 0 Å². The SMILES string of the molecule is Cc1cc(O)cc(C)c1N=Nc1ccc2ccc(N=Nc3c(C)cc(O)cc3C)cc2c1. The summed E-state index contributed by atoms with van der Waals surface area (Å²) in [4.78, 5) is 0. The molecule has 4 aromatic carbocycles. The van der Waals surface area contributed by atoms with E-state index in [-0.39, 0.29) is 11.5 Å². The first kappa shape index (κ1) is 21.2. The van der Waals surface area contributed by atoms with Crippen LogP contribution in [0.15, 0.2) is 81.1 Å². The molecule has 0 fully saturated rings. The van der Waals surface area contributed by atoms with E-state index in [0.717, 1.165) is 55.8 Å². The van der Waals surface area contributed by atoms with Gasteiger partial charge in [-0.25, -0.2) is 0 Å². The van der Waals surface area contributed by atoms with Crippen molar-refractivity contribution in [1.29, 1.82) is 0 Å². The molecule has 32 heavy (non-hydrogen) atoms. The predicted octanol–water partition coefficient (Wildman–Crippen LogP) is 8.32. The Labute approximate surface area is 186 Å². The molecule has 0 atom stereocenters. The molecule has 0 aliphatic carbocycles. The minimum atomic E-state index is 0.226. The highest BCUT2D eigenvalue weighted by Gasteiger charge is 2.06. The molecule has 0 saturated carbocycles. The highest BCUT2D eigenvalue weighted by atomic mass is 16.3. The number of aryl methyl sites for hydroxylation is 4. The lowest BCUT2D eigenvalue weighted by molar-refractivity contribution is 0.474. The van der Waals surface area contributed by atoms with Gasteiger partial charge in [0.1, 0.15) is 11.5 Å². The van der Waals surface area contributed by atoms with E-state index in [9.17, 15) is 10.2 Å². The topological polar surface area (TPSA) is 89.9 Å². The maximum atomic E-state index is 9.71. The molecule has 0 heterocycles. The molecular weight excluding hydrogens is 400 g/mol. The van der Waals surface area contributed by atoms with E-state index in [1.807, 2.05) is 64.1 Å². The lowest BCUT2D eigenvalue weighted by Gasteiger charge is -2.05. The first-order valence-corrected chi connectivity index (χ1v) is 10.3. The molecule has 0 aliphatic heterocycles.